The first-order valence-electron chi connectivity index (χ1n) is 5.17. The van der Waals surface area contributed by atoms with Crippen LogP contribution in [-0.4, -0.2) is 0 Å². The van der Waals surface area contributed by atoms with Gasteiger partial charge in [0.2, 0.25) is 0 Å². The van der Waals surface area contributed by atoms with Crippen molar-refractivity contribution in [3.63, 3.8) is 0 Å². The van der Waals surface area contributed by atoms with Crippen LogP contribution in [0.5, 0.6) is 5.75 Å². The van der Waals surface area contributed by atoms with Gasteiger partial charge in [-0.2, -0.15) is 0 Å². The first kappa shape index (κ1) is 9.84. The summed E-state index contributed by atoms with van der Waals surface area (Å²) in [7, 11) is 0. The summed E-state index contributed by atoms with van der Waals surface area (Å²) >= 11 is 0. The third kappa shape index (κ3) is 1.89. The number of ether oxygens (including phenoxy) is 1. The molecule has 1 aromatic rings. The van der Waals surface area contributed by atoms with E-state index in [1.165, 1.54) is 5.57 Å². The highest BCUT2D eigenvalue weighted by atomic mass is 16.5. The predicted molar refractivity (Wildman–Crippen MR) is 63.5 cm³/mol. The number of anilines is 1. The molecule has 0 radical (unpaired) electrons. The van der Waals surface area contributed by atoms with Gasteiger partial charge in [0.25, 0.3) is 0 Å². The number of fused-ring (bicyclic) bond motifs is 1. The minimum atomic E-state index is 0.735. The second-order valence-corrected chi connectivity index (χ2v) is 3.68. The van der Waals surface area contributed by atoms with Gasteiger partial charge in [-0.05, 0) is 37.1 Å². The van der Waals surface area contributed by atoms with Gasteiger partial charge in [0, 0.05) is 17.3 Å². The maximum Gasteiger partial charge on any atom is 0.136 e. The summed E-state index contributed by atoms with van der Waals surface area (Å²) in [6.45, 7) is 4.08. The van der Waals surface area contributed by atoms with Crippen molar-refractivity contribution in [1.29, 1.82) is 0 Å². The average Bonchev–Trinajstić information content (AvgIpc) is 2.17. The fourth-order valence-corrected chi connectivity index (χ4v) is 1.75. The quantitative estimate of drug-likeness (QED) is 0.707. The van der Waals surface area contributed by atoms with E-state index in [1.54, 1.807) is 0 Å². The Balaban J connectivity index is 2.53. The van der Waals surface area contributed by atoms with Gasteiger partial charge in [0.15, 0.2) is 0 Å². The van der Waals surface area contributed by atoms with E-state index in [4.69, 9.17) is 10.5 Å². The van der Waals surface area contributed by atoms with Gasteiger partial charge in [-0.25, -0.2) is 0 Å². The molecule has 1 aliphatic rings. The Morgan fingerprint density at radius 3 is 2.93 bits per heavy atom. The molecule has 0 aromatic heterocycles. The molecule has 2 rings (SSSR count). The van der Waals surface area contributed by atoms with Crippen LogP contribution in [0, 0.1) is 0 Å². The predicted octanol–water partition coefficient (Wildman–Crippen LogP) is 3.36. The van der Waals surface area contributed by atoms with Crippen LogP contribution in [0.1, 0.15) is 25.8 Å². The molecule has 0 saturated carbocycles. The smallest absolute Gasteiger partial charge is 0.136 e. The van der Waals surface area contributed by atoms with Gasteiger partial charge in [-0.3, -0.25) is 0 Å². The summed E-state index contributed by atoms with van der Waals surface area (Å²) in [4.78, 5) is 0. The lowest BCUT2D eigenvalue weighted by Gasteiger charge is -2.18. The lowest BCUT2D eigenvalue weighted by molar-refractivity contribution is 0.423. The van der Waals surface area contributed by atoms with Crippen molar-refractivity contribution in [2.24, 2.45) is 0 Å². The molecule has 0 unspecified atom stereocenters. The zero-order chi connectivity index (χ0) is 10.8. The Bertz CT molecular complexity index is 444. The maximum atomic E-state index is 5.73. The van der Waals surface area contributed by atoms with Crippen molar-refractivity contribution in [2.45, 2.75) is 20.3 Å². The summed E-state index contributed by atoms with van der Waals surface area (Å²) in [6, 6.07) is 5.78. The average molecular weight is 201 g/mol. The first-order chi connectivity index (χ1) is 7.20. The Labute approximate surface area is 90.1 Å². The molecule has 0 bridgehead atoms. The number of benzene rings is 1. The van der Waals surface area contributed by atoms with Gasteiger partial charge in [-0.1, -0.05) is 13.0 Å². The van der Waals surface area contributed by atoms with Crippen molar-refractivity contribution >= 4 is 11.3 Å². The van der Waals surface area contributed by atoms with Crippen LogP contribution in [0.15, 0.2) is 36.1 Å². The Kier molecular flexibility index (Phi) is 2.50. The highest BCUT2D eigenvalue weighted by Crippen LogP contribution is 2.35. The molecule has 0 spiro atoms. The van der Waals surface area contributed by atoms with E-state index in [0.29, 0.717) is 0 Å². The molecule has 0 amide bonds. The van der Waals surface area contributed by atoms with Crippen LogP contribution in [-0.2, 0) is 0 Å². The standard InChI is InChI=1S/C13H15NO/c1-3-4-10-7-9(2)15-13-8-11(14)5-6-12(10)13/h4-8H,3,14H2,1-2H3/b10-4-. The van der Waals surface area contributed by atoms with Crippen molar-refractivity contribution in [2.75, 3.05) is 5.73 Å². The Morgan fingerprint density at radius 2 is 2.20 bits per heavy atom. The van der Waals surface area contributed by atoms with Crippen molar-refractivity contribution < 1.29 is 4.74 Å². The molecule has 78 valence electrons. The molecule has 1 aromatic carbocycles. The van der Waals surface area contributed by atoms with Gasteiger partial charge < -0.3 is 10.5 Å². The lowest BCUT2D eigenvalue weighted by Crippen LogP contribution is -2.02. The molecular formula is C13H15NO. The van der Waals surface area contributed by atoms with E-state index in [2.05, 4.69) is 19.1 Å². The number of nitrogens with two attached hydrogens (primary N) is 1. The lowest BCUT2D eigenvalue weighted by atomic mass is 10.0. The van der Waals surface area contributed by atoms with E-state index >= 15 is 0 Å². The van der Waals surface area contributed by atoms with Crippen LogP contribution in [0.4, 0.5) is 5.69 Å². The largest absolute Gasteiger partial charge is 0.461 e. The first-order valence-corrected chi connectivity index (χ1v) is 5.17. The zero-order valence-corrected chi connectivity index (χ0v) is 9.08. The molecule has 2 nitrogen and oxygen atoms in total. The summed E-state index contributed by atoms with van der Waals surface area (Å²) < 4.78 is 5.63. The Morgan fingerprint density at radius 1 is 1.40 bits per heavy atom. The third-order valence-corrected chi connectivity index (χ3v) is 2.37. The second-order valence-electron chi connectivity index (χ2n) is 3.68. The van der Waals surface area contributed by atoms with Crippen molar-refractivity contribution in [1.82, 2.24) is 0 Å². The fourth-order valence-electron chi connectivity index (χ4n) is 1.75. The molecule has 1 aliphatic heterocycles. The monoisotopic (exact) mass is 201 g/mol. The molecule has 2 N–H and O–H groups in total. The summed E-state index contributed by atoms with van der Waals surface area (Å²) in [5.74, 6) is 1.77. The SMILES string of the molecule is CC/C=C1/C=C(C)Oc2cc(N)ccc21. The van der Waals surface area contributed by atoms with E-state index in [-0.39, 0.29) is 0 Å². The van der Waals surface area contributed by atoms with E-state index < -0.39 is 0 Å². The summed E-state index contributed by atoms with van der Waals surface area (Å²) in [5, 5.41) is 0. The summed E-state index contributed by atoms with van der Waals surface area (Å²) in [6.07, 6.45) is 5.27. The Hall–Kier alpha value is -1.70. The number of allylic oxidation sites excluding steroid dienone is 4. The van der Waals surface area contributed by atoms with Gasteiger partial charge in [0.1, 0.15) is 11.5 Å². The van der Waals surface area contributed by atoms with Crippen LogP contribution in [0.25, 0.3) is 5.57 Å². The van der Waals surface area contributed by atoms with Crippen molar-refractivity contribution in [3.05, 3.63) is 41.7 Å². The van der Waals surface area contributed by atoms with Crippen LogP contribution < -0.4 is 10.5 Å². The minimum absolute atomic E-state index is 0.735. The van der Waals surface area contributed by atoms with Crippen LogP contribution in [0.3, 0.4) is 0 Å². The minimum Gasteiger partial charge on any atom is -0.461 e. The molecule has 1 heterocycles. The number of hydrogen-bond acceptors (Lipinski definition) is 2. The maximum absolute atomic E-state index is 5.73. The van der Waals surface area contributed by atoms with Gasteiger partial charge in [0.05, 0.1) is 0 Å². The molecule has 15 heavy (non-hydrogen) atoms. The van der Waals surface area contributed by atoms with Crippen LogP contribution >= 0.6 is 0 Å². The van der Waals surface area contributed by atoms with Gasteiger partial charge in [-0.15, -0.1) is 0 Å². The fraction of sp³-hybridized carbons (Fsp3) is 0.231. The van der Waals surface area contributed by atoms with E-state index in [0.717, 1.165) is 29.2 Å². The zero-order valence-electron chi connectivity index (χ0n) is 9.08. The molecule has 0 atom stereocenters. The van der Waals surface area contributed by atoms with Crippen LogP contribution in [0.2, 0.25) is 0 Å². The van der Waals surface area contributed by atoms with E-state index in [9.17, 15) is 0 Å². The molecular weight excluding hydrogens is 186 g/mol. The number of hydrogen-bond donors (Lipinski definition) is 1. The molecule has 0 fully saturated rings. The highest BCUT2D eigenvalue weighted by molar-refractivity contribution is 5.81. The normalized spacial score (nSPS) is 16.9. The highest BCUT2D eigenvalue weighted by Gasteiger charge is 2.13. The molecule has 2 heteroatoms. The van der Waals surface area contributed by atoms with Gasteiger partial charge >= 0.3 is 0 Å². The topological polar surface area (TPSA) is 35.2 Å². The third-order valence-electron chi connectivity index (χ3n) is 2.37. The molecule has 0 saturated heterocycles. The van der Waals surface area contributed by atoms with Crippen molar-refractivity contribution in [3.8, 4) is 5.75 Å². The molecule has 0 aliphatic carbocycles. The second kappa shape index (κ2) is 3.81. The number of nitrogen functional groups attached to an aromatic ring is 1. The van der Waals surface area contributed by atoms with E-state index in [1.807, 2.05) is 25.1 Å². The summed E-state index contributed by atoms with van der Waals surface area (Å²) in [5.41, 5.74) is 8.80. The number of rotatable bonds is 1.